The quantitative estimate of drug-likeness (QED) is 0.820. The molecule has 128 valence electrons. The fraction of sp³-hybridized carbons (Fsp3) is 0.333. The standard InChI is InChI=1S/C18H22N2O2S2/c1-16-4-6-17(7-5-16)8-14-24(21,22)20-11-9-19(10-12-20)15-18-3-2-13-23-18/h2-8,13-14H,9-12,15H2,1H3. The van der Waals surface area contributed by atoms with Crippen LogP contribution in [0.1, 0.15) is 16.0 Å². The summed E-state index contributed by atoms with van der Waals surface area (Å²) >= 11 is 1.74. The summed E-state index contributed by atoms with van der Waals surface area (Å²) < 4.78 is 26.5. The van der Waals surface area contributed by atoms with Gasteiger partial charge in [-0.1, -0.05) is 35.9 Å². The predicted molar refractivity (Wildman–Crippen MR) is 100 cm³/mol. The van der Waals surface area contributed by atoms with Crippen LogP contribution in [-0.2, 0) is 16.6 Å². The molecule has 3 rings (SSSR count). The molecule has 0 N–H and O–H groups in total. The highest BCUT2D eigenvalue weighted by Gasteiger charge is 2.25. The Bertz CT molecular complexity index is 773. The number of sulfonamides is 1. The Hall–Kier alpha value is -1.47. The first-order valence-corrected chi connectivity index (χ1v) is 10.4. The molecule has 0 atom stereocenters. The molecule has 4 nitrogen and oxygen atoms in total. The van der Waals surface area contributed by atoms with Crippen LogP contribution in [0.3, 0.4) is 0 Å². The number of rotatable bonds is 5. The van der Waals surface area contributed by atoms with Crippen molar-refractivity contribution in [3.05, 3.63) is 63.2 Å². The van der Waals surface area contributed by atoms with E-state index in [0.29, 0.717) is 13.1 Å². The maximum atomic E-state index is 12.5. The SMILES string of the molecule is Cc1ccc(C=CS(=O)(=O)N2CCN(Cc3cccs3)CC2)cc1. The van der Waals surface area contributed by atoms with Gasteiger partial charge in [-0.2, -0.15) is 4.31 Å². The number of hydrogen-bond acceptors (Lipinski definition) is 4. The van der Waals surface area contributed by atoms with Gasteiger partial charge in [0.2, 0.25) is 10.0 Å². The maximum absolute atomic E-state index is 12.5. The van der Waals surface area contributed by atoms with E-state index in [-0.39, 0.29) is 0 Å². The first kappa shape index (κ1) is 17.4. The lowest BCUT2D eigenvalue weighted by Gasteiger charge is -2.33. The monoisotopic (exact) mass is 362 g/mol. The van der Waals surface area contributed by atoms with E-state index in [1.54, 1.807) is 21.7 Å². The summed E-state index contributed by atoms with van der Waals surface area (Å²) in [5.74, 6) is 0. The molecule has 1 aromatic heterocycles. The second-order valence-electron chi connectivity index (χ2n) is 6.01. The van der Waals surface area contributed by atoms with Gasteiger partial charge in [0.15, 0.2) is 0 Å². The summed E-state index contributed by atoms with van der Waals surface area (Å²) in [6.45, 7) is 5.56. The summed E-state index contributed by atoms with van der Waals surface area (Å²) in [7, 11) is -3.35. The Kier molecular flexibility index (Phi) is 5.50. The summed E-state index contributed by atoms with van der Waals surface area (Å²) in [6.07, 6.45) is 1.67. The van der Waals surface area contributed by atoms with Gasteiger partial charge in [0.05, 0.1) is 0 Å². The van der Waals surface area contributed by atoms with Crippen LogP contribution in [0.25, 0.3) is 6.08 Å². The third-order valence-corrected chi connectivity index (χ3v) is 6.59. The first-order valence-electron chi connectivity index (χ1n) is 8.02. The maximum Gasteiger partial charge on any atom is 0.236 e. The highest BCUT2D eigenvalue weighted by molar-refractivity contribution is 7.92. The van der Waals surface area contributed by atoms with Gasteiger partial charge >= 0.3 is 0 Å². The van der Waals surface area contributed by atoms with Crippen LogP contribution < -0.4 is 0 Å². The summed E-state index contributed by atoms with van der Waals surface area (Å²) in [5, 5.41) is 3.40. The smallest absolute Gasteiger partial charge is 0.236 e. The number of thiophene rings is 1. The Morgan fingerprint density at radius 2 is 1.79 bits per heavy atom. The van der Waals surface area contributed by atoms with Crippen LogP contribution in [0.4, 0.5) is 0 Å². The van der Waals surface area contributed by atoms with Gasteiger partial charge in [0, 0.05) is 43.0 Å². The predicted octanol–water partition coefficient (Wildman–Crippen LogP) is 3.17. The zero-order valence-corrected chi connectivity index (χ0v) is 15.4. The average molecular weight is 363 g/mol. The molecule has 2 aromatic rings. The summed E-state index contributed by atoms with van der Waals surface area (Å²) in [6, 6.07) is 12.0. The summed E-state index contributed by atoms with van der Waals surface area (Å²) in [4.78, 5) is 3.63. The van der Waals surface area contributed by atoms with Gasteiger partial charge in [0.1, 0.15) is 0 Å². The Labute approximate surface area is 148 Å². The number of nitrogens with zero attached hydrogens (tertiary/aromatic N) is 2. The lowest BCUT2D eigenvalue weighted by molar-refractivity contribution is 0.184. The van der Waals surface area contributed by atoms with Crippen molar-refractivity contribution >= 4 is 27.4 Å². The number of piperazine rings is 1. The third kappa shape index (κ3) is 4.54. The lowest BCUT2D eigenvalue weighted by atomic mass is 10.2. The topological polar surface area (TPSA) is 40.6 Å². The van der Waals surface area contributed by atoms with Crippen molar-refractivity contribution in [1.29, 1.82) is 0 Å². The van der Waals surface area contributed by atoms with Crippen LogP contribution in [0, 0.1) is 6.92 Å². The molecule has 6 heteroatoms. The summed E-state index contributed by atoms with van der Waals surface area (Å²) in [5.41, 5.74) is 2.07. The van der Waals surface area contributed by atoms with Gasteiger partial charge in [-0.05, 0) is 30.0 Å². The van der Waals surface area contributed by atoms with Gasteiger partial charge in [-0.3, -0.25) is 4.90 Å². The van der Waals surface area contributed by atoms with E-state index in [2.05, 4.69) is 22.4 Å². The molecule has 0 spiro atoms. The van der Waals surface area contributed by atoms with E-state index in [0.717, 1.165) is 30.8 Å². The fourth-order valence-electron chi connectivity index (χ4n) is 2.69. The van der Waals surface area contributed by atoms with Crippen LogP contribution >= 0.6 is 11.3 Å². The molecule has 0 amide bonds. The van der Waals surface area contributed by atoms with Crippen LogP contribution in [0.15, 0.2) is 47.2 Å². The molecule has 1 aliphatic heterocycles. The van der Waals surface area contributed by atoms with Crippen molar-refractivity contribution in [3.8, 4) is 0 Å². The molecular weight excluding hydrogens is 340 g/mol. The zero-order valence-electron chi connectivity index (χ0n) is 13.8. The normalized spacial score (nSPS) is 17.5. The minimum atomic E-state index is -3.35. The van der Waals surface area contributed by atoms with Crippen LogP contribution in [0.5, 0.6) is 0 Å². The van der Waals surface area contributed by atoms with Crippen molar-refractivity contribution in [3.63, 3.8) is 0 Å². The molecule has 1 fully saturated rings. The number of hydrogen-bond donors (Lipinski definition) is 0. The van der Waals surface area contributed by atoms with Gasteiger partial charge in [-0.25, -0.2) is 8.42 Å². The number of benzene rings is 1. The lowest BCUT2D eigenvalue weighted by Crippen LogP contribution is -2.47. The molecular formula is C18H22N2O2S2. The van der Waals surface area contributed by atoms with E-state index in [4.69, 9.17) is 0 Å². The van der Waals surface area contributed by atoms with E-state index in [9.17, 15) is 8.42 Å². The molecule has 1 saturated heterocycles. The van der Waals surface area contributed by atoms with E-state index < -0.39 is 10.0 Å². The number of aryl methyl sites for hydroxylation is 1. The molecule has 1 aliphatic rings. The van der Waals surface area contributed by atoms with Gasteiger partial charge in [0.25, 0.3) is 0 Å². The first-order chi connectivity index (χ1) is 11.5. The highest BCUT2D eigenvalue weighted by Crippen LogP contribution is 2.16. The van der Waals surface area contributed by atoms with E-state index in [1.807, 2.05) is 31.2 Å². The Morgan fingerprint density at radius 3 is 2.42 bits per heavy atom. The van der Waals surface area contributed by atoms with E-state index in [1.165, 1.54) is 10.3 Å². The Morgan fingerprint density at radius 1 is 1.08 bits per heavy atom. The van der Waals surface area contributed by atoms with Crippen molar-refractivity contribution in [2.75, 3.05) is 26.2 Å². The highest BCUT2D eigenvalue weighted by atomic mass is 32.2. The van der Waals surface area contributed by atoms with E-state index >= 15 is 0 Å². The molecule has 0 unspecified atom stereocenters. The van der Waals surface area contributed by atoms with Crippen molar-refractivity contribution in [1.82, 2.24) is 9.21 Å². The minimum Gasteiger partial charge on any atom is -0.296 e. The Balaban J connectivity index is 1.57. The minimum absolute atomic E-state index is 0.548. The van der Waals surface area contributed by atoms with Gasteiger partial charge in [-0.15, -0.1) is 11.3 Å². The molecule has 0 radical (unpaired) electrons. The second kappa shape index (κ2) is 7.61. The third-order valence-electron chi connectivity index (χ3n) is 4.16. The molecule has 2 heterocycles. The van der Waals surface area contributed by atoms with Crippen molar-refractivity contribution in [2.45, 2.75) is 13.5 Å². The largest absolute Gasteiger partial charge is 0.296 e. The fourth-order valence-corrected chi connectivity index (χ4v) is 4.61. The molecule has 0 saturated carbocycles. The molecule has 24 heavy (non-hydrogen) atoms. The molecule has 0 aliphatic carbocycles. The van der Waals surface area contributed by atoms with Gasteiger partial charge < -0.3 is 0 Å². The van der Waals surface area contributed by atoms with Crippen LogP contribution in [-0.4, -0.2) is 43.8 Å². The second-order valence-corrected chi connectivity index (χ2v) is 8.86. The van der Waals surface area contributed by atoms with Crippen molar-refractivity contribution < 1.29 is 8.42 Å². The average Bonchev–Trinajstić information content (AvgIpc) is 3.08. The molecule has 1 aromatic carbocycles. The van der Waals surface area contributed by atoms with Crippen molar-refractivity contribution in [2.24, 2.45) is 0 Å². The molecule has 0 bridgehead atoms. The zero-order chi connectivity index (χ0) is 17.0. The van der Waals surface area contributed by atoms with Crippen LogP contribution in [0.2, 0.25) is 0 Å².